The molecule has 2 fully saturated rings. The van der Waals surface area contributed by atoms with E-state index in [2.05, 4.69) is 26.5 Å². The molecular weight excluding hydrogens is 368 g/mol. The van der Waals surface area contributed by atoms with Crippen LogP contribution in [0.1, 0.15) is 40.5 Å². The summed E-state index contributed by atoms with van der Waals surface area (Å²) in [6.45, 7) is 11.8. The molecule has 8 atom stereocenters. The fourth-order valence-corrected chi connectivity index (χ4v) is 6.76. The van der Waals surface area contributed by atoms with Gasteiger partial charge in [0.25, 0.3) is 0 Å². The molecule has 5 heteroatoms. The van der Waals surface area contributed by atoms with Crippen LogP contribution in [0.3, 0.4) is 0 Å². The van der Waals surface area contributed by atoms with E-state index in [0.29, 0.717) is 11.5 Å². The number of carbonyl (C=O) groups excluding carboxylic acids is 2. The van der Waals surface area contributed by atoms with Crippen LogP contribution < -0.4 is 0 Å². The number of esters is 1. The molecule has 4 rings (SSSR count). The minimum atomic E-state index is -1.53. The Labute approximate surface area is 172 Å². The van der Waals surface area contributed by atoms with Gasteiger partial charge in [-0.15, -0.1) is 6.58 Å². The summed E-state index contributed by atoms with van der Waals surface area (Å²) in [6.07, 6.45) is 5.42. The van der Waals surface area contributed by atoms with E-state index in [0.717, 1.165) is 5.57 Å². The molecule has 0 aliphatic heterocycles. The summed E-state index contributed by atoms with van der Waals surface area (Å²) in [5.41, 5.74) is -0.137. The van der Waals surface area contributed by atoms with Crippen molar-refractivity contribution in [3.05, 3.63) is 36.0 Å². The fraction of sp³-hybridized carbons (Fsp3) is 0.667. The van der Waals surface area contributed by atoms with Crippen molar-refractivity contribution in [3.8, 4) is 0 Å². The lowest BCUT2D eigenvalue weighted by Crippen LogP contribution is -2.50. The van der Waals surface area contributed by atoms with Crippen molar-refractivity contribution >= 4 is 11.8 Å². The van der Waals surface area contributed by atoms with Gasteiger partial charge in [-0.1, -0.05) is 39.0 Å². The molecule has 158 valence electrons. The molecule has 0 aromatic heterocycles. The molecule has 4 aliphatic carbocycles. The first-order valence-corrected chi connectivity index (χ1v) is 10.6. The molecule has 5 nitrogen and oxygen atoms in total. The van der Waals surface area contributed by atoms with E-state index in [1.54, 1.807) is 6.92 Å². The summed E-state index contributed by atoms with van der Waals surface area (Å²) in [5.74, 6) is -0.360. The Balaban J connectivity index is 1.74. The first-order valence-electron chi connectivity index (χ1n) is 10.6. The van der Waals surface area contributed by atoms with Crippen LogP contribution in [-0.2, 0) is 14.3 Å². The van der Waals surface area contributed by atoms with Crippen LogP contribution in [0.25, 0.3) is 0 Å². The quantitative estimate of drug-likeness (QED) is 0.560. The van der Waals surface area contributed by atoms with Crippen molar-refractivity contribution in [1.82, 2.24) is 0 Å². The van der Waals surface area contributed by atoms with Gasteiger partial charge >= 0.3 is 5.97 Å². The van der Waals surface area contributed by atoms with E-state index < -0.39 is 11.7 Å². The van der Waals surface area contributed by atoms with Gasteiger partial charge in [-0.3, -0.25) is 9.59 Å². The first-order chi connectivity index (χ1) is 13.5. The predicted octanol–water partition coefficient (Wildman–Crippen LogP) is 2.83. The van der Waals surface area contributed by atoms with Crippen LogP contribution in [-0.4, -0.2) is 40.3 Å². The summed E-state index contributed by atoms with van der Waals surface area (Å²) in [7, 11) is 0. The zero-order valence-electron chi connectivity index (χ0n) is 17.7. The lowest BCUT2D eigenvalue weighted by molar-refractivity contribution is -0.142. The van der Waals surface area contributed by atoms with Crippen LogP contribution in [0, 0.1) is 40.9 Å². The summed E-state index contributed by atoms with van der Waals surface area (Å²) in [6, 6.07) is 0. The third-order valence-corrected chi connectivity index (χ3v) is 8.17. The van der Waals surface area contributed by atoms with E-state index >= 15 is 0 Å². The molecule has 0 bridgehead atoms. The third kappa shape index (κ3) is 2.89. The van der Waals surface area contributed by atoms with Gasteiger partial charge in [-0.05, 0) is 53.1 Å². The highest BCUT2D eigenvalue weighted by molar-refractivity contribution is 6.04. The Kier molecular flexibility index (Phi) is 4.71. The number of ether oxygens (including phenoxy) is 1. The van der Waals surface area contributed by atoms with Crippen LogP contribution in [0.2, 0.25) is 0 Å². The average molecular weight is 401 g/mol. The van der Waals surface area contributed by atoms with Gasteiger partial charge in [-0.25, -0.2) is 0 Å². The van der Waals surface area contributed by atoms with Crippen molar-refractivity contribution in [2.45, 2.75) is 52.2 Å². The number of hydrogen-bond acceptors (Lipinski definition) is 5. The number of carbonyl (C=O) groups is 2. The van der Waals surface area contributed by atoms with Gasteiger partial charge in [0, 0.05) is 12.3 Å². The molecule has 2 N–H and O–H groups in total. The Morgan fingerprint density at radius 2 is 2.03 bits per heavy atom. The molecule has 0 heterocycles. The molecule has 4 aliphatic rings. The Bertz CT molecular complexity index is 821. The van der Waals surface area contributed by atoms with Crippen molar-refractivity contribution in [2.24, 2.45) is 40.9 Å². The molecule has 0 amide bonds. The molecule has 29 heavy (non-hydrogen) atoms. The summed E-state index contributed by atoms with van der Waals surface area (Å²) in [5, 5.41) is 22.6. The Morgan fingerprint density at radius 3 is 2.69 bits per heavy atom. The minimum Gasteiger partial charge on any atom is -0.461 e. The molecule has 0 spiro atoms. The number of hydrogen-bond donors (Lipinski definition) is 2. The highest BCUT2D eigenvalue weighted by Crippen LogP contribution is 2.71. The van der Waals surface area contributed by atoms with Crippen molar-refractivity contribution in [3.63, 3.8) is 0 Å². The smallest absolute Gasteiger partial charge is 0.309 e. The number of fused-ring (bicyclic) bond motifs is 5. The van der Waals surface area contributed by atoms with Gasteiger partial charge < -0.3 is 14.9 Å². The topological polar surface area (TPSA) is 83.8 Å². The number of allylic oxidation sites excluding steroid dienone is 1. The molecule has 0 aromatic rings. The van der Waals surface area contributed by atoms with Crippen molar-refractivity contribution in [1.29, 1.82) is 0 Å². The summed E-state index contributed by atoms with van der Waals surface area (Å²) in [4.78, 5) is 24.8. The molecule has 8 unspecified atom stereocenters. The Morgan fingerprint density at radius 1 is 1.34 bits per heavy atom. The number of aliphatic hydroxyl groups is 2. The lowest BCUT2D eigenvalue weighted by Gasteiger charge is -2.43. The predicted molar refractivity (Wildman–Crippen MR) is 109 cm³/mol. The Hall–Kier alpha value is -1.72. The van der Waals surface area contributed by atoms with E-state index in [4.69, 9.17) is 4.74 Å². The van der Waals surface area contributed by atoms with Gasteiger partial charge in [-0.2, -0.15) is 0 Å². The highest BCUT2D eigenvalue weighted by atomic mass is 16.5. The monoisotopic (exact) mass is 400 g/mol. The normalized spacial score (nSPS) is 44.5. The average Bonchev–Trinajstić information content (AvgIpc) is 3.19. The zero-order valence-corrected chi connectivity index (χ0v) is 17.7. The summed E-state index contributed by atoms with van der Waals surface area (Å²) < 4.78 is 5.39. The van der Waals surface area contributed by atoms with E-state index in [-0.39, 0.29) is 66.2 Å². The van der Waals surface area contributed by atoms with Gasteiger partial charge in [0.2, 0.25) is 0 Å². The zero-order chi connectivity index (χ0) is 21.3. The maximum absolute atomic E-state index is 13.0. The van der Waals surface area contributed by atoms with Crippen molar-refractivity contribution in [2.75, 3.05) is 6.61 Å². The lowest BCUT2D eigenvalue weighted by atomic mass is 9.63. The van der Waals surface area contributed by atoms with Crippen LogP contribution in [0.15, 0.2) is 36.0 Å². The number of ketones is 1. The molecule has 2 saturated carbocycles. The van der Waals surface area contributed by atoms with Gasteiger partial charge in [0.05, 0.1) is 12.5 Å². The maximum Gasteiger partial charge on any atom is 0.309 e. The fourth-order valence-electron chi connectivity index (χ4n) is 6.76. The number of aliphatic hydroxyl groups excluding tert-OH is 1. The maximum atomic E-state index is 13.0. The number of Topliss-reactive ketones (excluding diaryl/α,β-unsaturated/α-hetero) is 1. The SMILES string of the molecule is C=CCC(=O)OCC1=CC2C(C(C)C(O)C3C2C3(C)C)C2C=C(C)C(=O)C2(O)C1. The number of rotatable bonds is 4. The van der Waals surface area contributed by atoms with Crippen LogP contribution >= 0.6 is 0 Å². The first kappa shape index (κ1) is 20.5. The highest BCUT2D eigenvalue weighted by Gasteiger charge is 2.71. The second-order valence-electron chi connectivity index (χ2n) is 10.2. The third-order valence-electron chi connectivity index (χ3n) is 8.17. The molecule has 0 radical (unpaired) electrons. The van der Waals surface area contributed by atoms with Gasteiger partial charge in [0.15, 0.2) is 5.78 Å². The molecule has 0 aromatic carbocycles. The molecule has 0 saturated heterocycles. The minimum absolute atomic E-state index is 0.0120. The molecular formula is C24H32O5. The van der Waals surface area contributed by atoms with E-state index in [9.17, 15) is 19.8 Å². The van der Waals surface area contributed by atoms with E-state index in [1.807, 2.05) is 13.0 Å². The summed E-state index contributed by atoms with van der Waals surface area (Å²) >= 11 is 0. The second-order valence-corrected chi connectivity index (χ2v) is 10.2. The van der Waals surface area contributed by atoms with Crippen LogP contribution in [0.4, 0.5) is 0 Å². The van der Waals surface area contributed by atoms with Gasteiger partial charge in [0.1, 0.15) is 12.2 Å². The standard InChI is InChI=1S/C24H32O5/c1-6-7-17(25)29-11-14-9-15-18(13(3)21(26)20-19(15)23(20,4)5)16-8-12(2)22(27)24(16,28)10-14/h6,8-9,13,15-16,18-21,26,28H,1,7,10-11H2,2-5H3. The van der Waals surface area contributed by atoms with Crippen LogP contribution in [0.5, 0.6) is 0 Å². The van der Waals surface area contributed by atoms with Crippen molar-refractivity contribution < 1.29 is 24.5 Å². The van der Waals surface area contributed by atoms with E-state index in [1.165, 1.54) is 6.08 Å². The second kappa shape index (κ2) is 6.64. The largest absolute Gasteiger partial charge is 0.461 e.